The molecule has 0 spiro atoms. The molecule has 1 aromatic carbocycles. The third kappa shape index (κ3) is 3.81. The number of aromatic nitrogens is 2. The Morgan fingerprint density at radius 1 is 1.19 bits per heavy atom. The minimum atomic E-state index is -0.492. The smallest absolute Gasteiger partial charge is 0.264 e. The predicted octanol–water partition coefficient (Wildman–Crippen LogP) is 2.24. The Bertz CT molecular complexity index is 1080. The minimum Gasteiger partial charge on any atom is -0.480 e. The molecule has 0 unspecified atom stereocenters. The van der Waals surface area contributed by atoms with E-state index in [1.54, 1.807) is 12.3 Å². The van der Waals surface area contributed by atoms with Crippen molar-refractivity contribution < 1.29 is 18.7 Å². The van der Waals surface area contributed by atoms with Gasteiger partial charge in [-0.2, -0.15) is 0 Å². The minimum absolute atomic E-state index is 0.0179. The van der Waals surface area contributed by atoms with Crippen LogP contribution >= 0.6 is 0 Å². The first kappa shape index (κ1) is 19.4. The summed E-state index contributed by atoms with van der Waals surface area (Å²) in [6.45, 7) is 3.55. The molecule has 0 aliphatic carbocycles. The number of para-hydroxylation sites is 1. The van der Waals surface area contributed by atoms with Crippen LogP contribution in [0, 0.1) is 0 Å². The van der Waals surface area contributed by atoms with Crippen LogP contribution in [0.5, 0.6) is 5.75 Å². The SMILES string of the molecule is C[C@H]1c2nc(CC(=O)NCc3ccco3)cn2CCN1C(=O)[C@@H]1Cc2ccccc2O1. The van der Waals surface area contributed by atoms with E-state index in [2.05, 4.69) is 10.3 Å². The summed E-state index contributed by atoms with van der Waals surface area (Å²) < 4.78 is 13.2. The summed E-state index contributed by atoms with van der Waals surface area (Å²) in [7, 11) is 0. The van der Waals surface area contributed by atoms with Gasteiger partial charge in [-0.3, -0.25) is 9.59 Å². The molecule has 0 fully saturated rings. The number of ether oxygens (including phenoxy) is 1. The Kier molecular flexibility index (Phi) is 4.97. The Morgan fingerprint density at radius 3 is 2.87 bits per heavy atom. The molecule has 8 nitrogen and oxygen atoms in total. The second kappa shape index (κ2) is 7.94. The zero-order valence-electron chi connectivity index (χ0n) is 17.3. The van der Waals surface area contributed by atoms with Crippen LogP contribution in [0.1, 0.15) is 35.8 Å². The molecule has 0 radical (unpaired) electrons. The van der Waals surface area contributed by atoms with Gasteiger partial charge in [0.05, 0.1) is 31.0 Å². The van der Waals surface area contributed by atoms with Crippen molar-refractivity contribution in [2.24, 2.45) is 0 Å². The highest BCUT2D eigenvalue weighted by Gasteiger charge is 2.37. The van der Waals surface area contributed by atoms with Gasteiger partial charge in [0, 0.05) is 25.7 Å². The van der Waals surface area contributed by atoms with Gasteiger partial charge in [-0.25, -0.2) is 4.98 Å². The van der Waals surface area contributed by atoms with E-state index in [1.807, 2.05) is 52.9 Å². The van der Waals surface area contributed by atoms with Crippen LogP contribution in [0.15, 0.2) is 53.3 Å². The molecular formula is C23H24N4O4. The standard InChI is InChI=1S/C23H24N4O4/c1-15-22-25-17(12-21(28)24-13-18-6-4-10-30-18)14-26(22)8-9-27(15)23(29)20-11-16-5-2-3-7-19(16)31-20/h2-7,10,14-15,20H,8-9,11-13H2,1H3,(H,24,28)/t15-,20-/m0/s1. The summed E-state index contributed by atoms with van der Waals surface area (Å²) in [6.07, 6.45) is 3.76. The molecule has 2 amide bonds. The summed E-state index contributed by atoms with van der Waals surface area (Å²) in [6, 6.07) is 11.2. The van der Waals surface area contributed by atoms with E-state index in [0.717, 1.165) is 17.1 Å². The van der Waals surface area contributed by atoms with E-state index in [9.17, 15) is 9.59 Å². The van der Waals surface area contributed by atoms with Crippen LogP contribution in [0.4, 0.5) is 0 Å². The molecule has 2 aliphatic heterocycles. The zero-order chi connectivity index (χ0) is 21.4. The number of nitrogens with one attached hydrogen (secondary N) is 1. The fourth-order valence-corrected chi connectivity index (χ4v) is 4.26. The third-order valence-electron chi connectivity index (χ3n) is 5.87. The van der Waals surface area contributed by atoms with E-state index >= 15 is 0 Å². The predicted molar refractivity (Wildman–Crippen MR) is 111 cm³/mol. The van der Waals surface area contributed by atoms with Crippen LogP contribution in [0.2, 0.25) is 0 Å². The van der Waals surface area contributed by atoms with Crippen molar-refractivity contribution in [1.82, 2.24) is 19.8 Å². The van der Waals surface area contributed by atoms with Gasteiger partial charge >= 0.3 is 0 Å². The lowest BCUT2D eigenvalue weighted by Gasteiger charge is -2.35. The molecule has 160 valence electrons. The highest BCUT2D eigenvalue weighted by molar-refractivity contribution is 5.83. The normalized spacial score (nSPS) is 19.5. The third-order valence-corrected chi connectivity index (χ3v) is 5.87. The van der Waals surface area contributed by atoms with E-state index < -0.39 is 6.10 Å². The summed E-state index contributed by atoms with van der Waals surface area (Å²) in [5.41, 5.74) is 1.76. The van der Waals surface area contributed by atoms with Crippen molar-refractivity contribution in [3.05, 3.63) is 71.7 Å². The highest BCUT2D eigenvalue weighted by atomic mass is 16.5. The largest absolute Gasteiger partial charge is 0.480 e. The van der Waals surface area contributed by atoms with Gasteiger partial charge in [0.25, 0.3) is 5.91 Å². The van der Waals surface area contributed by atoms with E-state index in [4.69, 9.17) is 9.15 Å². The zero-order valence-corrected chi connectivity index (χ0v) is 17.3. The number of hydrogen-bond donors (Lipinski definition) is 1. The first-order chi connectivity index (χ1) is 15.1. The molecule has 3 aromatic rings. The lowest BCUT2D eigenvalue weighted by molar-refractivity contribution is -0.141. The lowest BCUT2D eigenvalue weighted by atomic mass is 10.1. The van der Waals surface area contributed by atoms with Crippen molar-refractivity contribution in [3.8, 4) is 5.75 Å². The topological polar surface area (TPSA) is 89.6 Å². The van der Waals surface area contributed by atoms with E-state index in [0.29, 0.717) is 37.5 Å². The second-order valence-corrected chi connectivity index (χ2v) is 7.94. The molecule has 8 heteroatoms. The number of hydrogen-bond acceptors (Lipinski definition) is 5. The number of furan rings is 1. The number of rotatable bonds is 5. The van der Waals surface area contributed by atoms with Crippen molar-refractivity contribution in [3.63, 3.8) is 0 Å². The van der Waals surface area contributed by atoms with Gasteiger partial charge in [-0.05, 0) is 30.7 Å². The Hall–Kier alpha value is -3.55. The van der Waals surface area contributed by atoms with Gasteiger partial charge in [0.1, 0.15) is 17.3 Å². The van der Waals surface area contributed by atoms with Crippen LogP contribution in [-0.2, 0) is 35.5 Å². The first-order valence-electron chi connectivity index (χ1n) is 10.5. The maximum absolute atomic E-state index is 13.2. The fraction of sp³-hybridized carbons (Fsp3) is 0.348. The van der Waals surface area contributed by atoms with Gasteiger partial charge in [0.15, 0.2) is 6.10 Å². The molecule has 2 atom stereocenters. The summed E-state index contributed by atoms with van der Waals surface area (Å²) >= 11 is 0. The summed E-state index contributed by atoms with van der Waals surface area (Å²) in [5.74, 6) is 2.15. The van der Waals surface area contributed by atoms with Crippen LogP contribution in [0.3, 0.4) is 0 Å². The quantitative estimate of drug-likeness (QED) is 0.684. The van der Waals surface area contributed by atoms with Gasteiger partial charge in [-0.15, -0.1) is 0 Å². The second-order valence-electron chi connectivity index (χ2n) is 7.94. The number of nitrogens with zero attached hydrogens (tertiary/aromatic N) is 3. The number of imidazole rings is 1. The number of amides is 2. The van der Waals surface area contributed by atoms with Crippen LogP contribution < -0.4 is 10.1 Å². The highest BCUT2D eigenvalue weighted by Crippen LogP contribution is 2.32. The Labute approximate surface area is 179 Å². The van der Waals surface area contributed by atoms with E-state index in [1.165, 1.54) is 0 Å². The molecule has 0 bridgehead atoms. The molecule has 5 rings (SSSR count). The first-order valence-corrected chi connectivity index (χ1v) is 10.5. The molecule has 4 heterocycles. The molecule has 0 saturated carbocycles. The number of carbonyl (C=O) groups is 2. The van der Waals surface area contributed by atoms with Crippen molar-refractivity contribution in [2.45, 2.75) is 45.0 Å². The van der Waals surface area contributed by atoms with Crippen LogP contribution in [-0.4, -0.2) is 38.9 Å². The lowest BCUT2D eigenvalue weighted by Crippen LogP contribution is -2.47. The molecule has 1 N–H and O–H groups in total. The molecule has 2 aromatic heterocycles. The molecule has 2 aliphatic rings. The monoisotopic (exact) mass is 420 g/mol. The number of fused-ring (bicyclic) bond motifs is 2. The Balaban J connectivity index is 1.23. The number of carbonyl (C=O) groups excluding carboxylic acids is 2. The van der Waals surface area contributed by atoms with E-state index in [-0.39, 0.29) is 24.3 Å². The maximum atomic E-state index is 13.2. The fourth-order valence-electron chi connectivity index (χ4n) is 4.26. The van der Waals surface area contributed by atoms with Gasteiger partial charge < -0.3 is 23.9 Å². The average molecular weight is 420 g/mol. The molecule has 0 saturated heterocycles. The van der Waals surface area contributed by atoms with Gasteiger partial charge in [0.2, 0.25) is 5.91 Å². The number of benzene rings is 1. The summed E-state index contributed by atoms with van der Waals surface area (Å²) in [5, 5.41) is 2.83. The molecular weight excluding hydrogens is 396 g/mol. The molecule has 31 heavy (non-hydrogen) atoms. The average Bonchev–Trinajstić information content (AvgIpc) is 3.51. The summed E-state index contributed by atoms with van der Waals surface area (Å²) in [4.78, 5) is 31.9. The maximum Gasteiger partial charge on any atom is 0.264 e. The van der Waals surface area contributed by atoms with Gasteiger partial charge in [-0.1, -0.05) is 18.2 Å². The van der Waals surface area contributed by atoms with Crippen LogP contribution in [0.25, 0.3) is 0 Å². The van der Waals surface area contributed by atoms with Crippen molar-refractivity contribution >= 4 is 11.8 Å². The van der Waals surface area contributed by atoms with Crippen molar-refractivity contribution in [1.29, 1.82) is 0 Å². The Morgan fingerprint density at radius 2 is 2.06 bits per heavy atom. The van der Waals surface area contributed by atoms with Crippen molar-refractivity contribution in [2.75, 3.05) is 6.54 Å².